The van der Waals surface area contributed by atoms with Crippen LogP contribution in [0, 0.1) is 12.3 Å². The molecule has 6 aromatic rings. The number of fused-ring (bicyclic) bond motifs is 4. The number of aromatic nitrogens is 1. The minimum atomic E-state index is 0. The molecule has 0 aliphatic heterocycles. The van der Waals surface area contributed by atoms with Gasteiger partial charge in [0.05, 0.1) is 0 Å². The number of para-hydroxylation sites is 1. The fourth-order valence-corrected chi connectivity index (χ4v) is 4.03. The fraction of sp³-hybridized carbons (Fsp3) is 0. The molecule has 0 saturated heterocycles. The minimum absolute atomic E-state index is 0. The van der Waals surface area contributed by atoms with Crippen LogP contribution in [-0.2, 0) is 32.7 Å². The van der Waals surface area contributed by atoms with E-state index in [0.717, 1.165) is 22.0 Å². The molecule has 0 unspecified atom stereocenters. The predicted octanol–water partition coefficient (Wildman–Crippen LogP) is 6.96. The van der Waals surface area contributed by atoms with E-state index in [-0.39, 0.29) is 32.7 Å². The molecule has 1 nitrogen and oxygen atoms in total. The van der Waals surface area contributed by atoms with Crippen LogP contribution >= 0.6 is 0 Å². The summed E-state index contributed by atoms with van der Waals surface area (Å²) in [5, 5.41) is 8.52. The molecular formula is C27H15NY-2. The first kappa shape index (κ1) is 18.4. The Hall–Kier alpha value is -2.61. The van der Waals surface area contributed by atoms with Gasteiger partial charge in [-0.05, 0) is 39.2 Å². The predicted molar refractivity (Wildman–Crippen MR) is 117 cm³/mol. The largest absolute Gasteiger partial charge is 0.362 e. The average molecular weight is 442 g/mol. The van der Waals surface area contributed by atoms with Gasteiger partial charge in [0.1, 0.15) is 0 Å². The smallest absolute Gasteiger partial charge is 0 e. The Morgan fingerprint density at radius 2 is 1.24 bits per heavy atom. The molecule has 0 bridgehead atoms. The number of rotatable bonds is 1. The molecule has 0 aliphatic carbocycles. The summed E-state index contributed by atoms with van der Waals surface area (Å²) < 4.78 is 0. The Balaban J connectivity index is 0.00000181. The third kappa shape index (κ3) is 3.15. The molecule has 0 N–H and O–H groups in total. The molecule has 133 valence electrons. The van der Waals surface area contributed by atoms with Gasteiger partial charge in [0.2, 0.25) is 0 Å². The normalized spacial score (nSPS) is 11.2. The van der Waals surface area contributed by atoms with E-state index in [0.29, 0.717) is 0 Å². The van der Waals surface area contributed by atoms with E-state index in [9.17, 15) is 0 Å². The standard InChI is InChI=1S/C27H15N.Y/c1-2-7-19-13-23-16-26-20(14-22(23)12-18(19)6-1)9-5-10-25(26)24-15-21-8-3-4-11-27(21)28-17-24;/h1-9,11-16H;/q-2;. The summed E-state index contributed by atoms with van der Waals surface area (Å²) in [6.45, 7) is 0. The molecular weight excluding hydrogens is 427 g/mol. The van der Waals surface area contributed by atoms with Gasteiger partial charge in [0, 0.05) is 32.7 Å². The van der Waals surface area contributed by atoms with Crippen molar-refractivity contribution in [2.45, 2.75) is 0 Å². The number of pyridine rings is 1. The Kier molecular flexibility index (Phi) is 4.66. The third-order valence-electron chi connectivity index (χ3n) is 5.44. The first-order valence-electron chi connectivity index (χ1n) is 9.40. The van der Waals surface area contributed by atoms with E-state index >= 15 is 0 Å². The van der Waals surface area contributed by atoms with Crippen LogP contribution in [0.1, 0.15) is 0 Å². The van der Waals surface area contributed by atoms with Gasteiger partial charge < -0.3 is 4.98 Å². The van der Waals surface area contributed by atoms with E-state index in [1.165, 1.54) is 32.3 Å². The number of nitrogens with zero attached hydrogens (tertiary/aromatic N) is 1. The average Bonchev–Trinajstić information content (AvgIpc) is 2.75. The molecule has 1 heterocycles. The van der Waals surface area contributed by atoms with Crippen LogP contribution in [0.3, 0.4) is 0 Å². The summed E-state index contributed by atoms with van der Waals surface area (Å²) >= 11 is 0. The number of benzene rings is 5. The second kappa shape index (κ2) is 7.33. The first-order valence-corrected chi connectivity index (χ1v) is 9.40. The van der Waals surface area contributed by atoms with Crippen LogP contribution in [0.5, 0.6) is 0 Å². The minimum Gasteiger partial charge on any atom is -0.362 e. The van der Waals surface area contributed by atoms with E-state index < -0.39 is 0 Å². The Bertz CT molecular complexity index is 1520. The zero-order valence-corrected chi connectivity index (χ0v) is 18.5. The maximum Gasteiger partial charge on any atom is 0 e. The van der Waals surface area contributed by atoms with E-state index in [4.69, 9.17) is 0 Å². The summed E-state index contributed by atoms with van der Waals surface area (Å²) in [4.78, 5) is 4.52. The van der Waals surface area contributed by atoms with Gasteiger partial charge in [0.25, 0.3) is 0 Å². The van der Waals surface area contributed by atoms with Crippen LogP contribution in [0.15, 0.2) is 91.0 Å². The Morgan fingerprint density at radius 3 is 2.03 bits per heavy atom. The van der Waals surface area contributed by atoms with Crippen molar-refractivity contribution in [3.05, 3.63) is 103 Å². The van der Waals surface area contributed by atoms with Crippen molar-refractivity contribution in [2.24, 2.45) is 0 Å². The SMILES string of the molecule is [Y].[c-]1nc2ccccc2cc1-c1[c-]ccc2cc3cc4ccccc4cc3cc12. The summed E-state index contributed by atoms with van der Waals surface area (Å²) in [6.07, 6.45) is 3.22. The molecule has 0 amide bonds. The van der Waals surface area contributed by atoms with Crippen molar-refractivity contribution >= 4 is 43.2 Å². The van der Waals surface area contributed by atoms with Gasteiger partial charge in [-0.1, -0.05) is 72.2 Å². The molecule has 0 atom stereocenters. The van der Waals surface area contributed by atoms with Gasteiger partial charge >= 0.3 is 0 Å². The van der Waals surface area contributed by atoms with Crippen LogP contribution in [-0.4, -0.2) is 4.98 Å². The molecule has 0 saturated carbocycles. The Morgan fingerprint density at radius 1 is 0.586 bits per heavy atom. The second-order valence-electron chi connectivity index (χ2n) is 7.18. The van der Waals surface area contributed by atoms with Crippen LogP contribution < -0.4 is 0 Å². The van der Waals surface area contributed by atoms with Gasteiger partial charge in [-0.2, -0.15) is 18.2 Å². The molecule has 0 spiro atoms. The molecule has 0 fully saturated rings. The summed E-state index contributed by atoms with van der Waals surface area (Å²) in [5.41, 5.74) is 2.98. The van der Waals surface area contributed by atoms with Crippen molar-refractivity contribution in [1.82, 2.24) is 4.98 Å². The van der Waals surface area contributed by atoms with Crippen molar-refractivity contribution < 1.29 is 32.7 Å². The molecule has 6 rings (SSSR count). The van der Waals surface area contributed by atoms with Gasteiger partial charge in [0.15, 0.2) is 0 Å². The van der Waals surface area contributed by atoms with Crippen molar-refractivity contribution in [3.63, 3.8) is 0 Å². The summed E-state index contributed by atoms with van der Waals surface area (Å²) in [5.74, 6) is 0. The van der Waals surface area contributed by atoms with Crippen LogP contribution in [0.25, 0.3) is 54.3 Å². The number of hydrogen-bond donors (Lipinski definition) is 0. The molecule has 1 radical (unpaired) electrons. The van der Waals surface area contributed by atoms with E-state index in [1.807, 2.05) is 24.3 Å². The summed E-state index contributed by atoms with van der Waals surface area (Å²) in [6, 6.07) is 35.4. The van der Waals surface area contributed by atoms with Crippen LogP contribution in [0.4, 0.5) is 0 Å². The van der Waals surface area contributed by atoms with Crippen LogP contribution in [0.2, 0.25) is 0 Å². The maximum absolute atomic E-state index is 4.52. The third-order valence-corrected chi connectivity index (χ3v) is 5.44. The second-order valence-corrected chi connectivity index (χ2v) is 7.18. The maximum atomic E-state index is 4.52. The molecule has 5 aromatic carbocycles. The summed E-state index contributed by atoms with van der Waals surface area (Å²) in [7, 11) is 0. The zero-order valence-electron chi connectivity index (χ0n) is 15.7. The first-order chi connectivity index (χ1) is 13.8. The quantitative estimate of drug-likeness (QED) is 0.198. The molecule has 0 aliphatic rings. The van der Waals surface area contributed by atoms with Crippen molar-refractivity contribution in [1.29, 1.82) is 0 Å². The molecule has 2 heteroatoms. The number of hydrogen-bond acceptors (Lipinski definition) is 1. The van der Waals surface area contributed by atoms with Gasteiger partial charge in [-0.3, -0.25) is 0 Å². The van der Waals surface area contributed by atoms with Gasteiger partial charge in [-0.25, -0.2) is 11.1 Å². The van der Waals surface area contributed by atoms with Crippen molar-refractivity contribution in [2.75, 3.05) is 0 Å². The van der Waals surface area contributed by atoms with E-state index in [1.54, 1.807) is 0 Å². The van der Waals surface area contributed by atoms with Crippen molar-refractivity contribution in [3.8, 4) is 11.1 Å². The molecule has 1 aromatic heterocycles. The topological polar surface area (TPSA) is 12.9 Å². The fourth-order valence-electron chi connectivity index (χ4n) is 4.03. The monoisotopic (exact) mass is 442 g/mol. The molecule has 29 heavy (non-hydrogen) atoms. The Labute approximate surface area is 194 Å². The van der Waals surface area contributed by atoms with E-state index in [2.05, 4.69) is 84.0 Å². The van der Waals surface area contributed by atoms with Gasteiger partial charge in [-0.15, -0.1) is 16.8 Å². The zero-order chi connectivity index (χ0) is 18.5.